The molecular weight excluding hydrogens is 329 g/mol. The molecule has 0 spiro atoms. The fraction of sp³-hybridized carbons (Fsp3) is 0.714. The second-order valence-corrected chi connectivity index (χ2v) is 8.11. The van der Waals surface area contributed by atoms with Crippen LogP contribution in [0.15, 0.2) is 6.20 Å². The summed E-state index contributed by atoms with van der Waals surface area (Å²) in [5, 5.41) is 3.80. The summed E-state index contributed by atoms with van der Waals surface area (Å²) in [5.41, 5.74) is -1.99. The smallest absolute Gasteiger partial charge is 0.433 e. The lowest BCUT2D eigenvalue weighted by molar-refractivity contribution is -0.149. The van der Waals surface area contributed by atoms with Crippen LogP contribution in [0.1, 0.15) is 48.8 Å². The molecule has 0 bridgehead atoms. The van der Waals surface area contributed by atoms with Crippen LogP contribution < -0.4 is 0 Å². The zero-order chi connectivity index (χ0) is 17.4. The Labute approximate surface area is 134 Å². The van der Waals surface area contributed by atoms with E-state index < -0.39 is 44.1 Å². The van der Waals surface area contributed by atoms with Gasteiger partial charge in [-0.1, -0.05) is 0 Å². The van der Waals surface area contributed by atoms with Crippen LogP contribution >= 0.6 is 0 Å². The average Bonchev–Trinajstić information content (AvgIpc) is 2.79. The van der Waals surface area contributed by atoms with Crippen molar-refractivity contribution in [3.8, 4) is 0 Å². The van der Waals surface area contributed by atoms with Crippen molar-refractivity contribution in [2.24, 2.45) is 0 Å². The van der Waals surface area contributed by atoms with Crippen molar-refractivity contribution >= 4 is 15.0 Å². The first-order valence-corrected chi connectivity index (χ1v) is 9.79. The minimum atomic E-state index is -4.67. The zero-order valence-electron chi connectivity index (χ0n) is 13.5. The van der Waals surface area contributed by atoms with Crippen molar-refractivity contribution in [2.75, 3.05) is 6.61 Å². The lowest BCUT2D eigenvalue weighted by Crippen LogP contribution is -2.47. The number of hydrogen-bond donors (Lipinski definition) is 0. The van der Waals surface area contributed by atoms with Gasteiger partial charge in [0, 0.05) is 0 Å². The molecule has 1 aliphatic rings. The summed E-state index contributed by atoms with van der Waals surface area (Å²) < 4.78 is 51.5. The fourth-order valence-corrected chi connectivity index (χ4v) is 4.12. The van der Waals surface area contributed by atoms with Gasteiger partial charge in [0.25, 0.3) is 0 Å². The number of halogens is 3. The summed E-state index contributed by atoms with van der Waals surface area (Å²) in [6.07, 6.45) is -2.85. The van der Waals surface area contributed by atoms with Gasteiger partial charge in [-0.3, -0.25) is 4.68 Å². The van der Waals surface area contributed by atoms with E-state index in [1.165, 1.54) is 0 Å². The van der Waals surface area contributed by atoms with Gasteiger partial charge in [-0.2, -0.15) is 18.3 Å². The molecule has 0 aromatic carbocycles. The number of aromatic nitrogens is 2. The molecule has 0 amide bonds. The van der Waals surface area contributed by atoms with Gasteiger partial charge in [-0.25, -0.2) is 4.79 Å². The Morgan fingerprint density at radius 2 is 2.09 bits per heavy atom. The van der Waals surface area contributed by atoms with Gasteiger partial charge in [0.1, 0.15) is 5.56 Å². The van der Waals surface area contributed by atoms with Gasteiger partial charge in [0.05, 0.1) is 24.4 Å². The van der Waals surface area contributed by atoms with E-state index in [-0.39, 0.29) is 6.61 Å². The maximum Gasteiger partial charge on any atom is 0.433 e. The van der Waals surface area contributed by atoms with E-state index in [4.69, 9.17) is 4.43 Å². The Hall–Kier alpha value is -1.35. The molecule has 0 N–H and O–H groups in total. The molecule has 2 rings (SSSR count). The summed E-state index contributed by atoms with van der Waals surface area (Å²) in [5.74, 6) is -1.00. The van der Waals surface area contributed by atoms with Crippen molar-refractivity contribution in [3.05, 3.63) is 17.5 Å². The van der Waals surface area contributed by atoms with Crippen LogP contribution in [0.25, 0.3) is 0 Å². The minimum Gasteiger partial charge on any atom is -0.462 e. The molecule has 1 heterocycles. The third-order valence-electron chi connectivity index (χ3n) is 3.69. The number of hydrogen-bond acceptors (Lipinski definition) is 4. The molecule has 1 fully saturated rings. The normalized spacial score (nSPS) is 24.6. The Balaban J connectivity index is 2.26. The first-order chi connectivity index (χ1) is 10.6. The first-order valence-electron chi connectivity index (χ1n) is 7.38. The van der Waals surface area contributed by atoms with Crippen LogP contribution in [-0.4, -0.2) is 37.0 Å². The van der Waals surface area contributed by atoms with E-state index in [1.54, 1.807) is 6.92 Å². The Kier molecular flexibility index (Phi) is 4.91. The number of ether oxygens (including phenoxy) is 1. The lowest BCUT2D eigenvalue weighted by atomic mass is 9.77. The highest BCUT2D eigenvalue weighted by atomic mass is 28.3. The zero-order valence-corrected chi connectivity index (χ0v) is 14.5. The van der Waals surface area contributed by atoms with Crippen molar-refractivity contribution in [1.82, 2.24) is 9.78 Å². The van der Waals surface area contributed by atoms with Gasteiger partial charge < -0.3 is 9.16 Å². The Morgan fingerprint density at radius 1 is 1.48 bits per heavy atom. The molecule has 1 saturated carbocycles. The van der Waals surface area contributed by atoms with Gasteiger partial charge >= 0.3 is 12.1 Å². The largest absolute Gasteiger partial charge is 0.462 e. The lowest BCUT2D eigenvalue weighted by Gasteiger charge is -2.46. The number of nitrogens with zero attached hydrogens (tertiary/aromatic N) is 2. The van der Waals surface area contributed by atoms with Crippen LogP contribution in [0.4, 0.5) is 13.2 Å². The number of alkyl halides is 3. The standard InChI is InChI=1S/C14H20F3N2O3Si/c1-5-21-12(20)10-8-18-19(11(10)14(15,16)17)9-6-13(2,7-9)22-23(3)4/h8-9H,5-7H2,1-4H3. The highest BCUT2D eigenvalue weighted by molar-refractivity contribution is 6.48. The molecule has 0 saturated heterocycles. The van der Waals surface area contributed by atoms with Crippen molar-refractivity contribution in [2.45, 2.75) is 57.6 Å². The molecule has 0 atom stereocenters. The maximum absolute atomic E-state index is 13.4. The number of esters is 1. The van der Waals surface area contributed by atoms with Crippen LogP contribution in [0.3, 0.4) is 0 Å². The Bertz CT molecular complexity index is 580. The summed E-state index contributed by atoms with van der Waals surface area (Å²) in [4.78, 5) is 11.7. The summed E-state index contributed by atoms with van der Waals surface area (Å²) in [7, 11) is -0.936. The maximum atomic E-state index is 13.4. The van der Waals surface area contributed by atoms with Crippen LogP contribution in [0, 0.1) is 0 Å². The quantitative estimate of drug-likeness (QED) is 0.604. The predicted molar refractivity (Wildman–Crippen MR) is 78.4 cm³/mol. The minimum absolute atomic E-state index is 0.00837. The van der Waals surface area contributed by atoms with E-state index >= 15 is 0 Å². The molecule has 1 aromatic heterocycles. The summed E-state index contributed by atoms with van der Waals surface area (Å²) in [6.45, 7) is 7.41. The van der Waals surface area contributed by atoms with Crippen molar-refractivity contribution in [3.63, 3.8) is 0 Å². The van der Waals surface area contributed by atoms with E-state index in [9.17, 15) is 18.0 Å². The summed E-state index contributed by atoms with van der Waals surface area (Å²) in [6, 6.07) is -0.429. The number of carbonyl (C=O) groups excluding carboxylic acids is 1. The molecule has 0 unspecified atom stereocenters. The van der Waals surface area contributed by atoms with Crippen LogP contribution in [0.2, 0.25) is 13.1 Å². The number of carbonyl (C=O) groups is 1. The highest BCUT2D eigenvalue weighted by Crippen LogP contribution is 2.46. The predicted octanol–water partition coefficient (Wildman–Crippen LogP) is 3.44. The molecule has 0 aliphatic heterocycles. The molecule has 1 aliphatic carbocycles. The molecule has 5 nitrogen and oxygen atoms in total. The topological polar surface area (TPSA) is 53.3 Å². The Morgan fingerprint density at radius 3 is 2.57 bits per heavy atom. The highest BCUT2D eigenvalue weighted by Gasteiger charge is 2.48. The second kappa shape index (κ2) is 6.27. The first kappa shape index (κ1) is 18.0. The average molecular weight is 349 g/mol. The van der Waals surface area contributed by atoms with E-state index in [0.29, 0.717) is 12.8 Å². The number of rotatable bonds is 5. The SMILES string of the molecule is CCOC(=O)c1cnn(C2CC(C)(O[Si](C)C)C2)c1C(F)(F)F. The summed E-state index contributed by atoms with van der Waals surface area (Å²) >= 11 is 0. The molecule has 129 valence electrons. The van der Waals surface area contributed by atoms with Crippen molar-refractivity contribution in [1.29, 1.82) is 0 Å². The van der Waals surface area contributed by atoms with Gasteiger partial charge in [-0.15, -0.1) is 0 Å². The van der Waals surface area contributed by atoms with E-state index in [0.717, 1.165) is 10.9 Å². The van der Waals surface area contributed by atoms with Crippen LogP contribution in [-0.2, 0) is 15.3 Å². The molecular formula is C14H20F3N2O3Si. The van der Waals surface area contributed by atoms with Crippen LogP contribution in [0.5, 0.6) is 0 Å². The third kappa shape index (κ3) is 3.77. The van der Waals surface area contributed by atoms with Gasteiger partial charge in [0.15, 0.2) is 5.69 Å². The third-order valence-corrected chi connectivity index (χ3v) is 4.59. The molecule has 1 radical (unpaired) electrons. The van der Waals surface area contributed by atoms with Gasteiger partial charge in [0.2, 0.25) is 9.04 Å². The molecule has 9 heteroatoms. The second-order valence-electron chi connectivity index (χ2n) is 6.09. The van der Waals surface area contributed by atoms with Gasteiger partial charge in [-0.05, 0) is 39.8 Å². The molecule has 1 aromatic rings. The molecule has 23 heavy (non-hydrogen) atoms. The van der Waals surface area contributed by atoms with Crippen molar-refractivity contribution < 1.29 is 27.1 Å². The van der Waals surface area contributed by atoms with E-state index in [2.05, 4.69) is 9.84 Å². The van der Waals surface area contributed by atoms with E-state index in [1.807, 2.05) is 20.0 Å². The fourth-order valence-electron chi connectivity index (χ4n) is 2.97. The monoisotopic (exact) mass is 349 g/mol.